The van der Waals surface area contributed by atoms with Crippen molar-refractivity contribution in [2.45, 2.75) is 39.0 Å². The zero-order valence-electron chi connectivity index (χ0n) is 18.6. The number of carbonyl (C=O) groups excluding carboxylic acids is 1. The van der Waals surface area contributed by atoms with Gasteiger partial charge in [0.05, 0.1) is 28.8 Å². The minimum Gasteiger partial charge on any atom is -0.497 e. The van der Waals surface area contributed by atoms with E-state index in [0.29, 0.717) is 35.3 Å². The van der Waals surface area contributed by atoms with Gasteiger partial charge in [-0.1, -0.05) is 19.9 Å². The van der Waals surface area contributed by atoms with Crippen molar-refractivity contribution in [2.24, 2.45) is 11.3 Å². The Bertz CT molecular complexity index is 1060. The number of carbonyl (C=O) groups is 1. The SMILES string of the molecule is COc1cccc(S(=O)(=O)Nc2ccc3c(c2)OCC(C)(C)C(=O)N3CCC(C)C)c1. The number of amides is 1. The molecule has 0 fully saturated rings. The van der Waals surface area contributed by atoms with Crippen molar-refractivity contribution < 1.29 is 22.7 Å². The van der Waals surface area contributed by atoms with Gasteiger partial charge >= 0.3 is 0 Å². The van der Waals surface area contributed by atoms with Crippen LogP contribution in [0.4, 0.5) is 11.4 Å². The van der Waals surface area contributed by atoms with Crippen molar-refractivity contribution in [3.63, 3.8) is 0 Å². The monoisotopic (exact) mass is 446 g/mol. The highest BCUT2D eigenvalue weighted by Crippen LogP contribution is 2.39. The van der Waals surface area contributed by atoms with Crippen LogP contribution in [0, 0.1) is 11.3 Å². The number of benzene rings is 2. The third kappa shape index (κ3) is 5.12. The number of nitrogens with zero attached hydrogens (tertiary/aromatic N) is 1. The first-order valence-electron chi connectivity index (χ1n) is 10.3. The summed E-state index contributed by atoms with van der Waals surface area (Å²) in [6.45, 7) is 8.73. The van der Waals surface area contributed by atoms with Gasteiger partial charge in [0, 0.05) is 18.7 Å². The maximum Gasteiger partial charge on any atom is 0.262 e. The third-order valence-corrected chi connectivity index (χ3v) is 6.58. The Hall–Kier alpha value is -2.74. The predicted molar refractivity (Wildman–Crippen MR) is 121 cm³/mol. The second kappa shape index (κ2) is 8.78. The van der Waals surface area contributed by atoms with Crippen molar-refractivity contribution >= 4 is 27.3 Å². The molecule has 0 saturated carbocycles. The highest BCUT2D eigenvalue weighted by atomic mass is 32.2. The fraction of sp³-hybridized carbons (Fsp3) is 0.435. The number of hydrogen-bond acceptors (Lipinski definition) is 5. The molecular formula is C23H30N2O5S. The predicted octanol–water partition coefficient (Wildman–Crippen LogP) is 4.29. The van der Waals surface area contributed by atoms with E-state index in [0.717, 1.165) is 6.42 Å². The molecule has 1 amide bonds. The summed E-state index contributed by atoms with van der Waals surface area (Å²) in [6, 6.07) is 11.3. The lowest BCUT2D eigenvalue weighted by molar-refractivity contribution is -0.127. The van der Waals surface area contributed by atoms with Gasteiger partial charge in [0.15, 0.2) is 0 Å². The minimum absolute atomic E-state index is 0.00314. The smallest absolute Gasteiger partial charge is 0.262 e. The number of fused-ring (bicyclic) bond motifs is 1. The molecule has 0 aromatic heterocycles. The van der Waals surface area contributed by atoms with Crippen LogP contribution in [0.15, 0.2) is 47.4 Å². The zero-order chi connectivity index (χ0) is 22.8. The summed E-state index contributed by atoms with van der Waals surface area (Å²) in [5.74, 6) is 1.37. The average molecular weight is 447 g/mol. The molecule has 2 aromatic rings. The van der Waals surface area contributed by atoms with Crippen LogP contribution in [0.1, 0.15) is 34.1 Å². The lowest BCUT2D eigenvalue weighted by Crippen LogP contribution is -2.42. The first-order valence-corrected chi connectivity index (χ1v) is 11.8. The number of anilines is 2. The molecule has 0 radical (unpaired) electrons. The van der Waals surface area contributed by atoms with Crippen molar-refractivity contribution in [1.82, 2.24) is 0 Å². The lowest BCUT2D eigenvalue weighted by Gasteiger charge is -2.28. The van der Waals surface area contributed by atoms with Gasteiger partial charge in [0.1, 0.15) is 18.1 Å². The molecule has 0 spiro atoms. The molecule has 1 heterocycles. The average Bonchev–Trinajstić information content (AvgIpc) is 2.81. The molecule has 0 aliphatic carbocycles. The third-order valence-electron chi connectivity index (χ3n) is 5.20. The van der Waals surface area contributed by atoms with Gasteiger partial charge in [-0.25, -0.2) is 8.42 Å². The van der Waals surface area contributed by atoms with Crippen molar-refractivity contribution in [1.29, 1.82) is 0 Å². The quantitative estimate of drug-likeness (QED) is 0.686. The topological polar surface area (TPSA) is 84.9 Å². The molecule has 0 saturated heterocycles. The van der Waals surface area contributed by atoms with E-state index in [4.69, 9.17) is 9.47 Å². The largest absolute Gasteiger partial charge is 0.497 e. The van der Waals surface area contributed by atoms with Gasteiger partial charge in [-0.2, -0.15) is 0 Å². The Balaban J connectivity index is 1.93. The van der Waals surface area contributed by atoms with Gasteiger partial charge < -0.3 is 14.4 Å². The summed E-state index contributed by atoms with van der Waals surface area (Å²) in [5.41, 5.74) is 0.328. The number of nitrogens with one attached hydrogen (secondary N) is 1. The first kappa shape index (κ1) is 22.9. The molecule has 1 aliphatic rings. The summed E-state index contributed by atoms with van der Waals surface area (Å²) in [4.78, 5) is 15.0. The van der Waals surface area contributed by atoms with Gasteiger partial charge in [-0.05, 0) is 50.5 Å². The zero-order valence-corrected chi connectivity index (χ0v) is 19.5. The number of rotatable bonds is 7. The molecule has 168 valence electrons. The van der Waals surface area contributed by atoms with Gasteiger partial charge in [-0.3, -0.25) is 9.52 Å². The van der Waals surface area contributed by atoms with Crippen LogP contribution < -0.4 is 19.1 Å². The second-order valence-corrected chi connectivity index (χ2v) is 10.5. The molecule has 0 bridgehead atoms. The van der Waals surface area contributed by atoms with Crippen LogP contribution in [-0.4, -0.2) is 34.6 Å². The number of hydrogen-bond donors (Lipinski definition) is 1. The van der Waals surface area contributed by atoms with Crippen LogP contribution in [0.25, 0.3) is 0 Å². The van der Waals surface area contributed by atoms with E-state index in [2.05, 4.69) is 18.6 Å². The maximum absolute atomic E-state index is 13.1. The molecule has 1 N–H and O–H groups in total. The molecule has 8 heteroatoms. The Labute approximate surface area is 184 Å². The van der Waals surface area contributed by atoms with Crippen LogP contribution in [0.5, 0.6) is 11.5 Å². The summed E-state index contributed by atoms with van der Waals surface area (Å²) >= 11 is 0. The standard InChI is InChI=1S/C23H30N2O5S/c1-16(2)11-12-25-20-10-9-17(13-21(20)30-15-23(3,4)22(25)26)24-31(27,28)19-8-6-7-18(14-19)29-5/h6-10,13-14,16,24H,11-12,15H2,1-5H3. The highest BCUT2D eigenvalue weighted by molar-refractivity contribution is 7.92. The molecule has 3 rings (SSSR count). The van der Waals surface area contributed by atoms with Crippen molar-refractivity contribution in [3.8, 4) is 11.5 Å². The molecule has 2 aromatic carbocycles. The summed E-state index contributed by atoms with van der Waals surface area (Å²) < 4.78 is 39.3. The van der Waals surface area contributed by atoms with E-state index >= 15 is 0 Å². The molecule has 31 heavy (non-hydrogen) atoms. The van der Waals surface area contributed by atoms with Gasteiger partial charge in [-0.15, -0.1) is 0 Å². The van der Waals surface area contributed by atoms with Crippen LogP contribution in [0.3, 0.4) is 0 Å². The lowest BCUT2D eigenvalue weighted by atomic mass is 9.92. The highest BCUT2D eigenvalue weighted by Gasteiger charge is 2.37. The van der Waals surface area contributed by atoms with Crippen LogP contribution >= 0.6 is 0 Å². The van der Waals surface area contributed by atoms with Crippen molar-refractivity contribution in [2.75, 3.05) is 29.9 Å². The van der Waals surface area contributed by atoms with E-state index in [1.807, 2.05) is 13.8 Å². The molecule has 1 aliphatic heterocycles. The normalized spacial score (nSPS) is 15.8. The maximum atomic E-state index is 13.1. The fourth-order valence-electron chi connectivity index (χ4n) is 3.30. The van der Waals surface area contributed by atoms with Crippen molar-refractivity contribution in [3.05, 3.63) is 42.5 Å². The molecular weight excluding hydrogens is 416 g/mol. The van der Waals surface area contributed by atoms with Gasteiger partial charge in [0.25, 0.3) is 10.0 Å². The number of sulfonamides is 1. The summed E-state index contributed by atoms with van der Waals surface area (Å²) in [6.07, 6.45) is 0.853. The van der Waals surface area contributed by atoms with E-state index < -0.39 is 15.4 Å². The van der Waals surface area contributed by atoms with E-state index in [9.17, 15) is 13.2 Å². The van der Waals surface area contributed by atoms with Crippen LogP contribution in [0.2, 0.25) is 0 Å². The van der Waals surface area contributed by atoms with E-state index in [1.54, 1.807) is 35.2 Å². The number of methoxy groups -OCH3 is 1. The van der Waals surface area contributed by atoms with E-state index in [1.165, 1.54) is 19.2 Å². The molecule has 0 atom stereocenters. The van der Waals surface area contributed by atoms with Gasteiger partial charge in [0.2, 0.25) is 5.91 Å². The summed E-state index contributed by atoms with van der Waals surface area (Å²) in [5, 5.41) is 0. The minimum atomic E-state index is -3.82. The Morgan fingerprint density at radius 2 is 1.94 bits per heavy atom. The molecule has 0 unspecified atom stereocenters. The molecule has 7 nitrogen and oxygen atoms in total. The van der Waals surface area contributed by atoms with Crippen LogP contribution in [-0.2, 0) is 14.8 Å². The Morgan fingerprint density at radius 3 is 2.61 bits per heavy atom. The van der Waals surface area contributed by atoms with E-state index in [-0.39, 0.29) is 17.4 Å². The summed E-state index contributed by atoms with van der Waals surface area (Å²) in [7, 11) is -2.33. The Kier molecular flexibility index (Phi) is 6.50. The first-order chi connectivity index (χ1) is 14.5. The number of ether oxygens (including phenoxy) is 2. The fourth-order valence-corrected chi connectivity index (χ4v) is 4.39. The Morgan fingerprint density at radius 1 is 1.19 bits per heavy atom. The second-order valence-electron chi connectivity index (χ2n) is 8.78.